The Bertz CT molecular complexity index is 543. The van der Waals surface area contributed by atoms with Gasteiger partial charge in [0.15, 0.2) is 0 Å². The maximum atomic E-state index is 11.8. The van der Waals surface area contributed by atoms with Gasteiger partial charge in [0.05, 0.1) is 5.41 Å². The quantitative estimate of drug-likeness (QED) is 0.892. The first-order valence-corrected chi connectivity index (χ1v) is 6.24. The number of carboxylic acids is 1. The number of carbonyl (C=O) groups is 1. The van der Waals surface area contributed by atoms with E-state index in [-0.39, 0.29) is 0 Å². The lowest BCUT2D eigenvalue weighted by Gasteiger charge is -2.28. The minimum absolute atomic E-state index is 0.295. The predicted octanol–water partition coefficient (Wildman–Crippen LogP) is 2.45. The van der Waals surface area contributed by atoms with E-state index in [1.54, 1.807) is 18.5 Å². The van der Waals surface area contributed by atoms with Crippen LogP contribution in [0.25, 0.3) is 0 Å². The summed E-state index contributed by atoms with van der Waals surface area (Å²) in [5, 5.41) is 9.68. The van der Waals surface area contributed by atoms with Crippen LogP contribution in [-0.2, 0) is 16.6 Å². The lowest BCUT2D eigenvalue weighted by Crippen LogP contribution is -2.38. The van der Waals surface area contributed by atoms with Gasteiger partial charge in [-0.05, 0) is 18.1 Å². The minimum atomic E-state index is -0.970. The summed E-state index contributed by atoms with van der Waals surface area (Å²) >= 11 is 0. The molecule has 0 aliphatic carbocycles. The highest BCUT2D eigenvalue weighted by Crippen LogP contribution is 2.31. The van der Waals surface area contributed by atoms with E-state index in [1.165, 1.54) is 0 Å². The van der Waals surface area contributed by atoms with Crippen molar-refractivity contribution < 1.29 is 9.90 Å². The molecule has 4 nitrogen and oxygen atoms in total. The van der Waals surface area contributed by atoms with Gasteiger partial charge in [0.25, 0.3) is 0 Å². The van der Waals surface area contributed by atoms with E-state index < -0.39 is 11.4 Å². The number of hydrogen-bond donors (Lipinski definition) is 1. The van der Waals surface area contributed by atoms with Crippen LogP contribution in [0.4, 0.5) is 0 Å². The molecule has 1 atom stereocenters. The van der Waals surface area contributed by atoms with Gasteiger partial charge in [0.1, 0.15) is 5.82 Å². The first kappa shape index (κ1) is 13.2. The van der Waals surface area contributed by atoms with Gasteiger partial charge in [-0.15, -0.1) is 0 Å². The third-order valence-electron chi connectivity index (χ3n) is 3.42. The Morgan fingerprint density at radius 1 is 1.16 bits per heavy atom. The van der Waals surface area contributed by atoms with E-state index in [0.29, 0.717) is 18.7 Å². The topological polar surface area (TPSA) is 63.1 Å². The molecule has 0 bridgehead atoms. The molecule has 0 spiro atoms. The molecule has 2 aromatic rings. The summed E-state index contributed by atoms with van der Waals surface area (Å²) in [5.41, 5.74) is -0.180. The van der Waals surface area contributed by atoms with Crippen molar-refractivity contribution in [2.45, 2.75) is 25.2 Å². The van der Waals surface area contributed by atoms with Crippen molar-refractivity contribution in [1.29, 1.82) is 0 Å². The van der Waals surface area contributed by atoms with Crippen LogP contribution < -0.4 is 0 Å². The molecule has 19 heavy (non-hydrogen) atoms. The molecule has 0 aliphatic heterocycles. The normalized spacial score (nSPS) is 13.7. The summed E-state index contributed by atoms with van der Waals surface area (Å²) in [7, 11) is 0. The van der Waals surface area contributed by atoms with Crippen LogP contribution in [0.3, 0.4) is 0 Å². The zero-order valence-electron chi connectivity index (χ0n) is 10.8. The summed E-state index contributed by atoms with van der Waals surface area (Å²) in [6.07, 6.45) is 4.06. The van der Waals surface area contributed by atoms with Crippen molar-refractivity contribution >= 4 is 5.97 Å². The third-order valence-corrected chi connectivity index (χ3v) is 3.42. The van der Waals surface area contributed by atoms with E-state index in [0.717, 1.165) is 5.56 Å². The Balaban J connectivity index is 2.44. The Hall–Kier alpha value is -2.23. The van der Waals surface area contributed by atoms with Crippen LogP contribution in [0, 0.1) is 0 Å². The zero-order chi connectivity index (χ0) is 13.7. The van der Waals surface area contributed by atoms with Gasteiger partial charge in [-0.2, -0.15) is 0 Å². The van der Waals surface area contributed by atoms with E-state index in [9.17, 15) is 9.90 Å². The number of benzene rings is 1. The Kier molecular flexibility index (Phi) is 3.90. The highest BCUT2D eigenvalue weighted by Gasteiger charge is 2.39. The second-order valence-corrected chi connectivity index (χ2v) is 4.45. The van der Waals surface area contributed by atoms with Gasteiger partial charge < -0.3 is 5.11 Å². The fraction of sp³-hybridized carbons (Fsp3) is 0.267. The molecule has 0 amide bonds. The highest BCUT2D eigenvalue weighted by atomic mass is 16.4. The monoisotopic (exact) mass is 256 g/mol. The summed E-state index contributed by atoms with van der Waals surface area (Å²) < 4.78 is 0. The maximum absolute atomic E-state index is 11.8. The first-order chi connectivity index (χ1) is 9.19. The molecule has 0 aliphatic rings. The second-order valence-electron chi connectivity index (χ2n) is 4.45. The van der Waals surface area contributed by atoms with Gasteiger partial charge >= 0.3 is 5.97 Å². The van der Waals surface area contributed by atoms with E-state index >= 15 is 0 Å². The van der Waals surface area contributed by atoms with Crippen LogP contribution in [0.2, 0.25) is 0 Å². The van der Waals surface area contributed by atoms with Crippen LogP contribution in [-0.4, -0.2) is 21.0 Å². The molecular formula is C15H16N2O2. The van der Waals surface area contributed by atoms with Gasteiger partial charge in [-0.1, -0.05) is 37.3 Å². The summed E-state index contributed by atoms with van der Waals surface area (Å²) in [6, 6.07) is 11.0. The first-order valence-electron chi connectivity index (χ1n) is 6.24. The second kappa shape index (κ2) is 5.61. The Morgan fingerprint density at radius 2 is 1.79 bits per heavy atom. The fourth-order valence-electron chi connectivity index (χ4n) is 2.23. The fourth-order valence-corrected chi connectivity index (χ4v) is 2.23. The number of aromatic nitrogens is 2. The number of nitrogens with zero attached hydrogens (tertiary/aromatic N) is 2. The van der Waals surface area contributed by atoms with Crippen molar-refractivity contribution in [3.05, 3.63) is 60.2 Å². The third kappa shape index (κ3) is 2.62. The van der Waals surface area contributed by atoms with Gasteiger partial charge in [0.2, 0.25) is 0 Å². The molecule has 0 radical (unpaired) electrons. The number of hydrogen-bond acceptors (Lipinski definition) is 3. The Morgan fingerprint density at radius 3 is 2.32 bits per heavy atom. The summed E-state index contributed by atoms with van der Waals surface area (Å²) in [4.78, 5) is 20.1. The molecule has 1 aromatic carbocycles. The minimum Gasteiger partial charge on any atom is -0.481 e. The molecule has 1 heterocycles. The van der Waals surface area contributed by atoms with Crippen molar-refractivity contribution in [1.82, 2.24) is 9.97 Å². The van der Waals surface area contributed by atoms with E-state index in [2.05, 4.69) is 9.97 Å². The summed E-state index contributed by atoms with van der Waals surface area (Å²) in [6.45, 7) is 1.88. The average Bonchev–Trinajstić information content (AvgIpc) is 2.46. The molecule has 0 saturated carbocycles. The summed E-state index contributed by atoms with van der Waals surface area (Å²) in [5.74, 6) is -0.288. The molecule has 1 aromatic heterocycles. The highest BCUT2D eigenvalue weighted by molar-refractivity contribution is 5.81. The smallest absolute Gasteiger partial charge is 0.314 e. The number of carboxylic acid groups (broad SMARTS) is 1. The van der Waals surface area contributed by atoms with Crippen molar-refractivity contribution in [2.75, 3.05) is 0 Å². The van der Waals surface area contributed by atoms with Crippen molar-refractivity contribution in [3.8, 4) is 0 Å². The number of aliphatic carboxylic acids is 1. The molecule has 1 N–H and O–H groups in total. The van der Waals surface area contributed by atoms with Gasteiger partial charge in [-0.25, -0.2) is 9.97 Å². The number of rotatable bonds is 5. The van der Waals surface area contributed by atoms with Gasteiger partial charge in [0, 0.05) is 18.8 Å². The predicted molar refractivity (Wildman–Crippen MR) is 71.8 cm³/mol. The molecule has 98 valence electrons. The molecule has 1 unspecified atom stereocenters. The molecule has 2 rings (SSSR count). The zero-order valence-corrected chi connectivity index (χ0v) is 10.8. The van der Waals surface area contributed by atoms with Crippen LogP contribution in [0.5, 0.6) is 0 Å². The molecule has 0 saturated heterocycles. The van der Waals surface area contributed by atoms with Crippen LogP contribution in [0.15, 0.2) is 48.8 Å². The van der Waals surface area contributed by atoms with Gasteiger partial charge in [-0.3, -0.25) is 4.79 Å². The lowest BCUT2D eigenvalue weighted by molar-refractivity contribution is -0.144. The largest absolute Gasteiger partial charge is 0.481 e. The van der Waals surface area contributed by atoms with Crippen LogP contribution in [0.1, 0.15) is 24.7 Å². The molecule has 0 fully saturated rings. The van der Waals surface area contributed by atoms with Crippen molar-refractivity contribution in [2.24, 2.45) is 0 Å². The Labute approximate surface area is 112 Å². The molecular weight excluding hydrogens is 240 g/mol. The van der Waals surface area contributed by atoms with E-state index in [4.69, 9.17) is 0 Å². The van der Waals surface area contributed by atoms with Crippen molar-refractivity contribution in [3.63, 3.8) is 0 Å². The average molecular weight is 256 g/mol. The maximum Gasteiger partial charge on any atom is 0.314 e. The standard InChI is InChI=1S/C15H16N2O2/c1-2-15(14(18)19,12-7-4-3-5-8-12)11-13-16-9-6-10-17-13/h3-10H,2,11H2,1H3,(H,18,19). The SMILES string of the molecule is CCC(Cc1ncccn1)(C(=O)O)c1ccccc1. The van der Waals surface area contributed by atoms with E-state index in [1.807, 2.05) is 37.3 Å². The van der Waals surface area contributed by atoms with Crippen LogP contribution >= 0.6 is 0 Å². The molecule has 4 heteroatoms. The lowest BCUT2D eigenvalue weighted by atomic mass is 9.75.